The lowest BCUT2D eigenvalue weighted by molar-refractivity contribution is -0.0864. The summed E-state index contributed by atoms with van der Waals surface area (Å²) in [6, 6.07) is 2.12. The van der Waals surface area contributed by atoms with Crippen LogP contribution in [0.15, 0.2) is 17.2 Å². The first-order valence-electron chi connectivity index (χ1n) is 7.49. The van der Waals surface area contributed by atoms with E-state index in [-0.39, 0.29) is 11.3 Å². The molecule has 0 aromatic carbocycles. The number of nitrogens with zero attached hydrogens (tertiary/aromatic N) is 3. The van der Waals surface area contributed by atoms with Crippen molar-refractivity contribution in [3.05, 3.63) is 22.9 Å². The first kappa shape index (κ1) is 14.1. The first-order chi connectivity index (χ1) is 10.2. The number of anilines is 1. The average molecular weight is 291 g/mol. The number of rotatable bonds is 4. The van der Waals surface area contributed by atoms with Crippen LogP contribution in [0.2, 0.25) is 0 Å². The Hall–Kier alpha value is -1.89. The lowest BCUT2D eigenvalue weighted by Gasteiger charge is -2.40. The van der Waals surface area contributed by atoms with Crippen LogP contribution >= 0.6 is 0 Å². The van der Waals surface area contributed by atoms with Crippen LogP contribution in [0.5, 0.6) is 0 Å². The van der Waals surface area contributed by atoms with Gasteiger partial charge in [0.1, 0.15) is 12.1 Å². The van der Waals surface area contributed by atoms with Gasteiger partial charge in [0.25, 0.3) is 0 Å². The molecular weight excluding hydrogens is 270 g/mol. The molecule has 1 aliphatic heterocycles. The molecule has 0 saturated carbocycles. The molecule has 1 unspecified atom stereocenters. The van der Waals surface area contributed by atoms with Gasteiger partial charge in [-0.3, -0.25) is 0 Å². The summed E-state index contributed by atoms with van der Waals surface area (Å²) in [6.07, 6.45) is 5.46. The van der Waals surface area contributed by atoms with Gasteiger partial charge in [0.05, 0.1) is 5.60 Å². The van der Waals surface area contributed by atoms with E-state index in [1.807, 2.05) is 0 Å². The Morgan fingerprint density at radius 3 is 3.10 bits per heavy atom. The van der Waals surface area contributed by atoms with E-state index in [9.17, 15) is 4.79 Å². The predicted octanol–water partition coefficient (Wildman–Crippen LogP) is 1.57. The minimum Gasteiger partial charge on any atom is -0.375 e. The van der Waals surface area contributed by atoms with Crippen molar-refractivity contribution in [2.24, 2.45) is 0 Å². The van der Waals surface area contributed by atoms with Gasteiger partial charge in [0, 0.05) is 18.7 Å². The summed E-state index contributed by atoms with van der Waals surface area (Å²) in [5.74, 6) is 0.745. The van der Waals surface area contributed by atoms with Crippen LogP contribution in [0.1, 0.15) is 39.5 Å². The van der Waals surface area contributed by atoms with Gasteiger partial charge in [0.2, 0.25) is 0 Å². The number of hydrogen-bond donors (Lipinski definition) is 2. The fourth-order valence-corrected chi connectivity index (χ4v) is 2.99. The molecule has 0 aliphatic carbocycles. The van der Waals surface area contributed by atoms with Crippen molar-refractivity contribution in [3.8, 4) is 0 Å². The number of fused-ring (bicyclic) bond motifs is 1. The van der Waals surface area contributed by atoms with E-state index in [2.05, 4.69) is 34.3 Å². The lowest BCUT2D eigenvalue weighted by atomic mass is 9.86. The summed E-state index contributed by atoms with van der Waals surface area (Å²) in [6.45, 7) is 5.11. The second-order valence-corrected chi connectivity index (χ2v) is 5.60. The fourth-order valence-electron chi connectivity index (χ4n) is 2.99. The van der Waals surface area contributed by atoms with Gasteiger partial charge in [-0.1, -0.05) is 13.8 Å². The number of aromatic nitrogens is 4. The Kier molecular flexibility index (Phi) is 3.67. The lowest BCUT2D eigenvalue weighted by Crippen LogP contribution is -2.43. The maximum atomic E-state index is 11.4. The molecule has 7 heteroatoms. The minimum atomic E-state index is -0.272. The van der Waals surface area contributed by atoms with Crippen molar-refractivity contribution in [3.63, 3.8) is 0 Å². The number of H-pyrrole nitrogens is 1. The Labute approximate surface area is 122 Å². The van der Waals surface area contributed by atoms with Gasteiger partial charge >= 0.3 is 5.69 Å². The highest BCUT2D eigenvalue weighted by Gasteiger charge is 2.34. The molecule has 1 atom stereocenters. The van der Waals surface area contributed by atoms with E-state index in [1.54, 1.807) is 6.07 Å². The zero-order valence-corrected chi connectivity index (χ0v) is 12.4. The highest BCUT2D eigenvalue weighted by molar-refractivity contribution is 5.48. The van der Waals surface area contributed by atoms with E-state index in [0.717, 1.165) is 38.1 Å². The summed E-state index contributed by atoms with van der Waals surface area (Å²) in [5.41, 5.74) is 0.274. The zero-order chi connectivity index (χ0) is 14.9. The Morgan fingerprint density at radius 2 is 2.33 bits per heavy atom. The van der Waals surface area contributed by atoms with Crippen molar-refractivity contribution < 1.29 is 4.74 Å². The maximum Gasteiger partial charge on any atom is 0.348 e. The molecule has 3 rings (SSSR count). The molecule has 2 N–H and O–H groups in total. The first-order valence-corrected chi connectivity index (χ1v) is 7.49. The predicted molar refractivity (Wildman–Crippen MR) is 79.5 cm³/mol. The third kappa shape index (κ3) is 2.65. The maximum absolute atomic E-state index is 11.4. The quantitative estimate of drug-likeness (QED) is 0.893. The molecule has 1 fully saturated rings. The monoisotopic (exact) mass is 291 g/mol. The van der Waals surface area contributed by atoms with Gasteiger partial charge in [-0.25, -0.2) is 19.3 Å². The summed E-state index contributed by atoms with van der Waals surface area (Å²) < 4.78 is 7.37. The van der Waals surface area contributed by atoms with E-state index in [4.69, 9.17) is 4.74 Å². The highest BCUT2D eigenvalue weighted by atomic mass is 16.5. The van der Waals surface area contributed by atoms with Gasteiger partial charge in [-0.15, -0.1) is 0 Å². The van der Waals surface area contributed by atoms with Crippen LogP contribution < -0.4 is 11.0 Å². The normalized spacial score (nSPS) is 21.5. The molecule has 3 heterocycles. The second-order valence-electron chi connectivity index (χ2n) is 5.60. The zero-order valence-electron chi connectivity index (χ0n) is 12.4. The Balaban J connectivity index is 1.76. The molecule has 114 valence electrons. The molecule has 2 aromatic rings. The SMILES string of the molecule is CCC1(CC)CC(Nc2cc3n[nH]c(=O)n3cn2)CCO1. The molecule has 1 saturated heterocycles. The molecule has 1 aliphatic rings. The van der Waals surface area contributed by atoms with Crippen molar-refractivity contribution >= 4 is 11.5 Å². The van der Waals surface area contributed by atoms with Gasteiger partial charge in [-0.05, 0) is 25.7 Å². The summed E-state index contributed by atoms with van der Waals surface area (Å²) >= 11 is 0. The largest absolute Gasteiger partial charge is 0.375 e. The van der Waals surface area contributed by atoms with Crippen LogP contribution in [0.25, 0.3) is 5.65 Å². The van der Waals surface area contributed by atoms with Crippen molar-refractivity contribution in [2.75, 3.05) is 11.9 Å². The minimum absolute atomic E-state index is 0.0245. The van der Waals surface area contributed by atoms with Crippen LogP contribution in [-0.4, -0.2) is 37.8 Å². The summed E-state index contributed by atoms with van der Waals surface area (Å²) in [4.78, 5) is 15.7. The number of aromatic amines is 1. The van der Waals surface area contributed by atoms with Crippen LogP contribution in [0.4, 0.5) is 5.82 Å². The van der Waals surface area contributed by atoms with Gasteiger partial charge < -0.3 is 10.1 Å². The van der Waals surface area contributed by atoms with Crippen molar-refractivity contribution in [1.29, 1.82) is 0 Å². The van der Waals surface area contributed by atoms with Crippen LogP contribution in [0, 0.1) is 0 Å². The summed E-state index contributed by atoms with van der Waals surface area (Å²) in [7, 11) is 0. The third-order valence-corrected chi connectivity index (χ3v) is 4.44. The van der Waals surface area contributed by atoms with Gasteiger partial charge in [0.15, 0.2) is 5.65 Å². The number of nitrogens with one attached hydrogen (secondary N) is 2. The topological polar surface area (TPSA) is 84.3 Å². The van der Waals surface area contributed by atoms with Crippen LogP contribution in [-0.2, 0) is 4.74 Å². The van der Waals surface area contributed by atoms with E-state index >= 15 is 0 Å². The second kappa shape index (κ2) is 5.48. The molecule has 0 bridgehead atoms. The molecule has 0 amide bonds. The van der Waals surface area contributed by atoms with Crippen molar-refractivity contribution in [1.82, 2.24) is 19.6 Å². The smallest absolute Gasteiger partial charge is 0.348 e. The molecular formula is C14H21N5O2. The Bertz CT molecular complexity index is 673. The molecule has 0 radical (unpaired) electrons. The summed E-state index contributed by atoms with van der Waals surface area (Å²) in [5, 5.41) is 9.81. The van der Waals surface area contributed by atoms with Crippen LogP contribution in [0.3, 0.4) is 0 Å². The van der Waals surface area contributed by atoms with E-state index < -0.39 is 0 Å². The third-order valence-electron chi connectivity index (χ3n) is 4.44. The Morgan fingerprint density at radius 1 is 1.52 bits per heavy atom. The molecule has 7 nitrogen and oxygen atoms in total. The average Bonchev–Trinajstić information content (AvgIpc) is 2.88. The van der Waals surface area contributed by atoms with Crippen molar-refractivity contribution in [2.45, 2.75) is 51.2 Å². The number of ether oxygens (including phenoxy) is 1. The fraction of sp³-hybridized carbons (Fsp3) is 0.643. The van der Waals surface area contributed by atoms with E-state index in [1.165, 1.54) is 10.7 Å². The molecule has 0 spiro atoms. The highest BCUT2D eigenvalue weighted by Crippen LogP contribution is 2.32. The molecule has 2 aromatic heterocycles. The number of hydrogen-bond acceptors (Lipinski definition) is 5. The molecule has 21 heavy (non-hydrogen) atoms. The standard InChI is InChI=1S/C14H21N5O2/c1-3-14(4-2)8-10(5-6-21-14)16-11-7-12-17-18-13(20)19(12)9-15-11/h7,9-10,16H,3-6,8H2,1-2H3,(H,18,20). The van der Waals surface area contributed by atoms with E-state index in [0.29, 0.717) is 11.7 Å². The van der Waals surface area contributed by atoms with Gasteiger partial charge in [-0.2, -0.15) is 5.10 Å².